The number of likely N-dealkylation sites (tertiary alicyclic amines) is 1. The van der Waals surface area contributed by atoms with E-state index >= 15 is 0 Å². The van der Waals surface area contributed by atoms with Crippen LogP contribution < -0.4 is 11.1 Å². The molecule has 0 aromatic carbocycles. The van der Waals surface area contributed by atoms with Gasteiger partial charge in [-0.2, -0.15) is 0 Å². The average molecular weight is 314 g/mol. The molecule has 2 rings (SSSR count). The molecule has 1 aromatic heterocycles. The molecule has 7 heteroatoms. The van der Waals surface area contributed by atoms with E-state index in [1.165, 1.54) is 6.33 Å². The van der Waals surface area contributed by atoms with Gasteiger partial charge in [0.25, 0.3) is 0 Å². The Morgan fingerprint density at radius 1 is 1.50 bits per heavy atom. The molecule has 0 radical (unpaired) electrons. The van der Waals surface area contributed by atoms with Crippen LogP contribution in [-0.4, -0.2) is 39.9 Å². The lowest BCUT2D eigenvalue weighted by Gasteiger charge is -2.21. The van der Waals surface area contributed by atoms with Crippen molar-refractivity contribution in [3.05, 3.63) is 10.8 Å². The van der Waals surface area contributed by atoms with Gasteiger partial charge in [-0.05, 0) is 35.7 Å². The van der Waals surface area contributed by atoms with Crippen molar-refractivity contribution in [2.24, 2.45) is 0 Å². The Kier molecular flexibility index (Phi) is 4.00. The Morgan fingerprint density at radius 2 is 2.17 bits per heavy atom. The van der Waals surface area contributed by atoms with Crippen LogP contribution in [0.5, 0.6) is 0 Å². The molecule has 1 aliphatic rings. The zero-order chi connectivity index (χ0) is 13.1. The first-order valence-electron chi connectivity index (χ1n) is 5.91. The summed E-state index contributed by atoms with van der Waals surface area (Å²) in [4.78, 5) is 21.9. The normalized spacial score (nSPS) is 16.7. The van der Waals surface area contributed by atoms with E-state index < -0.39 is 0 Å². The minimum Gasteiger partial charge on any atom is -0.383 e. The van der Waals surface area contributed by atoms with Crippen molar-refractivity contribution in [3.8, 4) is 0 Å². The number of hydrogen-bond donors (Lipinski definition) is 2. The summed E-state index contributed by atoms with van der Waals surface area (Å²) in [6.07, 6.45) is 3.54. The monoisotopic (exact) mass is 313 g/mol. The van der Waals surface area contributed by atoms with Crippen molar-refractivity contribution in [1.82, 2.24) is 14.9 Å². The molecule has 1 amide bonds. The number of nitrogens with two attached hydrogens (primary N) is 1. The number of hydrogen-bond acceptors (Lipinski definition) is 5. The standard InChI is InChI=1S/C11H16BrN5O/c1-7(11(18)17-4-2-3-5-17)16-10-8(12)9(13)14-6-15-10/h6-7H,2-5H2,1H3,(H3,13,14,15,16). The van der Waals surface area contributed by atoms with Gasteiger partial charge in [0.15, 0.2) is 0 Å². The lowest BCUT2D eigenvalue weighted by Crippen LogP contribution is -2.39. The molecule has 0 aliphatic carbocycles. The van der Waals surface area contributed by atoms with Crippen LogP contribution in [-0.2, 0) is 4.79 Å². The topological polar surface area (TPSA) is 84.1 Å². The van der Waals surface area contributed by atoms with Gasteiger partial charge in [0.05, 0.1) is 0 Å². The molecule has 1 fully saturated rings. The number of carbonyl (C=O) groups is 1. The van der Waals surface area contributed by atoms with Gasteiger partial charge in [0.1, 0.15) is 28.5 Å². The molecule has 1 atom stereocenters. The van der Waals surface area contributed by atoms with Gasteiger partial charge in [-0.3, -0.25) is 4.79 Å². The number of nitrogens with zero attached hydrogens (tertiary/aromatic N) is 3. The third-order valence-electron chi connectivity index (χ3n) is 2.96. The number of nitrogen functional groups attached to an aromatic ring is 1. The average Bonchev–Trinajstić information content (AvgIpc) is 2.87. The predicted octanol–water partition coefficient (Wildman–Crippen LogP) is 1.24. The summed E-state index contributed by atoms with van der Waals surface area (Å²) in [5.74, 6) is 0.993. The summed E-state index contributed by atoms with van der Waals surface area (Å²) in [6.45, 7) is 3.52. The fourth-order valence-corrected chi connectivity index (χ4v) is 2.28. The van der Waals surface area contributed by atoms with E-state index in [-0.39, 0.29) is 11.9 Å². The maximum atomic E-state index is 12.1. The Balaban J connectivity index is 2.04. The Labute approximate surface area is 114 Å². The van der Waals surface area contributed by atoms with E-state index in [4.69, 9.17) is 5.73 Å². The van der Waals surface area contributed by atoms with Crippen LogP contribution in [0.4, 0.5) is 11.6 Å². The van der Waals surface area contributed by atoms with Gasteiger partial charge in [-0.1, -0.05) is 0 Å². The van der Waals surface area contributed by atoms with E-state index in [9.17, 15) is 4.79 Å². The highest BCUT2D eigenvalue weighted by atomic mass is 79.9. The Morgan fingerprint density at radius 3 is 2.83 bits per heavy atom. The van der Waals surface area contributed by atoms with Crippen LogP contribution in [0, 0.1) is 0 Å². The van der Waals surface area contributed by atoms with Crippen molar-refractivity contribution < 1.29 is 4.79 Å². The molecule has 98 valence electrons. The van der Waals surface area contributed by atoms with E-state index in [2.05, 4.69) is 31.2 Å². The van der Waals surface area contributed by atoms with Crippen molar-refractivity contribution >= 4 is 33.5 Å². The highest BCUT2D eigenvalue weighted by molar-refractivity contribution is 9.10. The molecule has 1 aromatic rings. The molecule has 0 spiro atoms. The van der Waals surface area contributed by atoms with E-state index in [1.807, 2.05) is 11.8 Å². The summed E-state index contributed by atoms with van der Waals surface area (Å²) in [6, 6.07) is -0.325. The van der Waals surface area contributed by atoms with Crippen LogP contribution in [0.25, 0.3) is 0 Å². The second kappa shape index (κ2) is 5.51. The van der Waals surface area contributed by atoms with Crippen LogP contribution in [0.2, 0.25) is 0 Å². The summed E-state index contributed by atoms with van der Waals surface area (Å²) in [5.41, 5.74) is 5.66. The molecule has 1 aliphatic heterocycles. The maximum Gasteiger partial charge on any atom is 0.244 e. The fourth-order valence-electron chi connectivity index (χ4n) is 1.96. The predicted molar refractivity (Wildman–Crippen MR) is 73.0 cm³/mol. The van der Waals surface area contributed by atoms with Gasteiger partial charge in [-0.25, -0.2) is 9.97 Å². The number of carbonyl (C=O) groups excluding carboxylic acids is 1. The number of anilines is 2. The first kappa shape index (κ1) is 13.1. The third kappa shape index (κ3) is 2.72. The van der Waals surface area contributed by atoms with Crippen LogP contribution in [0.1, 0.15) is 19.8 Å². The van der Waals surface area contributed by atoms with Gasteiger partial charge in [0, 0.05) is 13.1 Å². The molecular weight excluding hydrogens is 298 g/mol. The largest absolute Gasteiger partial charge is 0.383 e. The summed E-state index contributed by atoms with van der Waals surface area (Å²) in [7, 11) is 0. The van der Waals surface area contributed by atoms with E-state index in [1.54, 1.807) is 0 Å². The lowest BCUT2D eigenvalue weighted by molar-refractivity contribution is -0.130. The van der Waals surface area contributed by atoms with E-state index in [0.29, 0.717) is 16.1 Å². The van der Waals surface area contributed by atoms with Gasteiger partial charge in [0.2, 0.25) is 5.91 Å². The number of halogens is 1. The molecule has 0 saturated carbocycles. The number of amides is 1. The van der Waals surface area contributed by atoms with Gasteiger partial charge >= 0.3 is 0 Å². The van der Waals surface area contributed by atoms with E-state index in [0.717, 1.165) is 25.9 Å². The fraction of sp³-hybridized carbons (Fsp3) is 0.545. The van der Waals surface area contributed by atoms with Crippen LogP contribution in [0.3, 0.4) is 0 Å². The number of aromatic nitrogens is 2. The van der Waals surface area contributed by atoms with Crippen LogP contribution in [0.15, 0.2) is 10.8 Å². The quantitative estimate of drug-likeness (QED) is 0.877. The molecule has 18 heavy (non-hydrogen) atoms. The second-order valence-electron chi connectivity index (χ2n) is 4.32. The Hall–Kier alpha value is -1.37. The zero-order valence-corrected chi connectivity index (χ0v) is 11.8. The first-order valence-corrected chi connectivity index (χ1v) is 6.70. The molecule has 3 N–H and O–H groups in total. The second-order valence-corrected chi connectivity index (χ2v) is 5.11. The molecule has 2 heterocycles. The van der Waals surface area contributed by atoms with Crippen molar-refractivity contribution in [2.75, 3.05) is 24.1 Å². The summed E-state index contributed by atoms with van der Waals surface area (Å²) >= 11 is 3.30. The number of nitrogens with one attached hydrogen (secondary N) is 1. The molecule has 1 saturated heterocycles. The molecule has 0 bridgehead atoms. The third-order valence-corrected chi connectivity index (χ3v) is 3.74. The SMILES string of the molecule is CC(Nc1ncnc(N)c1Br)C(=O)N1CCCC1. The smallest absolute Gasteiger partial charge is 0.244 e. The molecule has 1 unspecified atom stereocenters. The van der Waals surface area contributed by atoms with Gasteiger partial charge < -0.3 is 16.0 Å². The minimum atomic E-state index is -0.325. The van der Waals surface area contributed by atoms with Crippen molar-refractivity contribution in [2.45, 2.75) is 25.8 Å². The first-order chi connectivity index (χ1) is 8.59. The summed E-state index contributed by atoms with van der Waals surface area (Å²) in [5, 5.41) is 3.06. The van der Waals surface area contributed by atoms with Crippen LogP contribution >= 0.6 is 15.9 Å². The summed E-state index contributed by atoms with van der Waals surface area (Å²) < 4.78 is 0.589. The van der Waals surface area contributed by atoms with Crippen molar-refractivity contribution in [3.63, 3.8) is 0 Å². The zero-order valence-electron chi connectivity index (χ0n) is 10.2. The highest BCUT2D eigenvalue weighted by Crippen LogP contribution is 2.24. The Bertz CT molecular complexity index is 447. The minimum absolute atomic E-state index is 0.0941. The number of rotatable bonds is 3. The lowest BCUT2D eigenvalue weighted by atomic mass is 10.3. The molecular formula is C11H16BrN5O. The maximum absolute atomic E-state index is 12.1. The van der Waals surface area contributed by atoms with Gasteiger partial charge in [-0.15, -0.1) is 0 Å². The van der Waals surface area contributed by atoms with Crippen molar-refractivity contribution in [1.29, 1.82) is 0 Å². The molecule has 6 nitrogen and oxygen atoms in total. The highest BCUT2D eigenvalue weighted by Gasteiger charge is 2.24.